The molecule has 0 unspecified atom stereocenters. The van der Waals surface area contributed by atoms with Crippen molar-refractivity contribution in [1.82, 2.24) is 19.6 Å². The Morgan fingerprint density at radius 1 is 1.10 bits per heavy atom. The fraction of sp³-hybridized carbons (Fsp3) is 0.357. The summed E-state index contributed by atoms with van der Waals surface area (Å²) in [5.41, 5.74) is 6.95. The lowest BCUT2D eigenvalue weighted by Crippen LogP contribution is -2.29. The fourth-order valence-electron chi connectivity index (χ4n) is 5.50. The first-order valence-corrected chi connectivity index (χ1v) is 13.3. The van der Waals surface area contributed by atoms with E-state index in [-0.39, 0.29) is 23.7 Å². The summed E-state index contributed by atoms with van der Waals surface area (Å²) in [5, 5.41) is 12.4. The Kier molecular flexibility index (Phi) is 6.80. The number of nitrogens with two attached hydrogens (primary N) is 1. The van der Waals surface area contributed by atoms with E-state index in [1.165, 1.54) is 12.1 Å². The first-order valence-electron chi connectivity index (χ1n) is 13.3. The molecule has 2 aliphatic rings. The molecule has 1 amide bonds. The van der Waals surface area contributed by atoms with Gasteiger partial charge in [-0.3, -0.25) is 14.3 Å². The minimum atomic E-state index is -0.972. The Hall–Kier alpha value is -4.16. The van der Waals surface area contributed by atoms with Crippen LogP contribution >= 0.6 is 0 Å². The summed E-state index contributed by atoms with van der Waals surface area (Å²) in [5.74, 6) is -2.35. The molecular weight excluding hydrogens is 520 g/mol. The van der Waals surface area contributed by atoms with Crippen LogP contribution in [-0.4, -0.2) is 57.8 Å². The van der Waals surface area contributed by atoms with E-state index in [1.807, 2.05) is 10.7 Å². The van der Waals surface area contributed by atoms with Gasteiger partial charge in [0.2, 0.25) is 0 Å². The van der Waals surface area contributed by atoms with Crippen LogP contribution in [0.15, 0.2) is 53.5 Å². The highest BCUT2D eigenvalue weighted by Gasteiger charge is 2.31. The van der Waals surface area contributed by atoms with E-state index in [9.17, 15) is 18.4 Å². The Morgan fingerprint density at radius 3 is 2.60 bits per heavy atom. The molecule has 2 aromatic heterocycles. The number of ether oxygens (including phenoxy) is 1. The molecule has 208 valence electrons. The third-order valence-corrected chi connectivity index (χ3v) is 7.65. The molecule has 4 heterocycles. The third kappa shape index (κ3) is 4.62. The molecule has 0 radical (unpaired) electrons. The molecule has 12 heteroatoms. The molecule has 2 fully saturated rings. The molecule has 40 heavy (non-hydrogen) atoms. The highest BCUT2D eigenvalue weighted by Crippen LogP contribution is 2.39. The maximum absolute atomic E-state index is 14.4. The van der Waals surface area contributed by atoms with Crippen LogP contribution in [0.3, 0.4) is 0 Å². The lowest BCUT2D eigenvalue weighted by atomic mass is 10.1. The lowest BCUT2D eigenvalue weighted by molar-refractivity contribution is 0.0565. The summed E-state index contributed by atoms with van der Waals surface area (Å²) >= 11 is 0. The Labute approximate surface area is 228 Å². The van der Waals surface area contributed by atoms with Gasteiger partial charge in [0.15, 0.2) is 11.6 Å². The van der Waals surface area contributed by atoms with Crippen molar-refractivity contribution >= 4 is 28.2 Å². The zero-order valence-corrected chi connectivity index (χ0v) is 21.9. The summed E-state index contributed by atoms with van der Waals surface area (Å²) in [6, 6.07) is 9.27. The van der Waals surface area contributed by atoms with Crippen LogP contribution in [0.25, 0.3) is 16.6 Å². The number of hydrogen-bond acceptors (Lipinski definition) is 7. The minimum Gasteiger partial charge on any atom is -0.379 e. The number of hydrogen-bond donors (Lipinski definition) is 2. The maximum Gasteiger partial charge on any atom is 0.276 e. The Morgan fingerprint density at radius 2 is 1.90 bits per heavy atom. The molecule has 2 aliphatic heterocycles. The van der Waals surface area contributed by atoms with Gasteiger partial charge in [0.1, 0.15) is 11.4 Å². The molecule has 3 N–H and O–H groups in total. The first-order chi connectivity index (χ1) is 19.3. The zero-order valence-electron chi connectivity index (χ0n) is 21.9. The highest BCUT2D eigenvalue weighted by atomic mass is 19.1. The zero-order chi connectivity index (χ0) is 28.0. The number of nitrogens with one attached hydrogen (secondary N) is 1. The van der Waals surface area contributed by atoms with E-state index in [2.05, 4.69) is 27.3 Å². The van der Waals surface area contributed by atoms with Crippen LogP contribution in [0.1, 0.15) is 36.3 Å². The van der Waals surface area contributed by atoms with Crippen LogP contribution < -0.4 is 21.5 Å². The van der Waals surface area contributed by atoms with Crippen molar-refractivity contribution < 1.29 is 18.3 Å². The van der Waals surface area contributed by atoms with Gasteiger partial charge in [-0.1, -0.05) is 13.0 Å². The van der Waals surface area contributed by atoms with E-state index in [0.29, 0.717) is 30.1 Å². The molecule has 3 atom stereocenters. The van der Waals surface area contributed by atoms with Crippen LogP contribution in [0, 0.1) is 17.6 Å². The summed E-state index contributed by atoms with van der Waals surface area (Å²) in [6.45, 7) is 4.69. The molecule has 0 aliphatic carbocycles. The number of aromatic nitrogens is 4. The van der Waals surface area contributed by atoms with Gasteiger partial charge >= 0.3 is 0 Å². The topological polar surface area (TPSA) is 120 Å². The third-order valence-electron chi connectivity index (χ3n) is 7.65. The van der Waals surface area contributed by atoms with Crippen molar-refractivity contribution in [1.29, 1.82) is 0 Å². The number of nitrogens with zero attached hydrogens (tertiary/aromatic N) is 5. The van der Waals surface area contributed by atoms with Crippen molar-refractivity contribution in [3.8, 4) is 5.69 Å². The number of anilines is 2. The quantitative estimate of drug-likeness (QED) is 0.392. The number of carbonyl (C=O) groups is 1. The molecule has 0 spiro atoms. The van der Waals surface area contributed by atoms with Gasteiger partial charge in [-0.15, -0.1) is 0 Å². The maximum atomic E-state index is 14.4. The number of benzene rings is 2. The summed E-state index contributed by atoms with van der Waals surface area (Å²) in [7, 11) is 0. The van der Waals surface area contributed by atoms with Crippen LogP contribution in [-0.2, 0) is 4.74 Å². The number of carbonyl (C=O) groups excluding carboxylic acids is 1. The van der Waals surface area contributed by atoms with E-state index in [4.69, 9.17) is 10.5 Å². The summed E-state index contributed by atoms with van der Waals surface area (Å²) in [4.78, 5) is 28.0. The lowest BCUT2D eigenvalue weighted by Gasteiger charge is -2.25. The van der Waals surface area contributed by atoms with Crippen LogP contribution in [0.2, 0.25) is 0 Å². The van der Waals surface area contributed by atoms with Crippen molar-refractivity contribution in [2.24, 2.45) is 11.7 Å². The molecule has 6 rings (SSSR count). The van der Waals surface area contributed by atoms with E-state index >= 15 is 0 Å². The number of fused-ring (bicyclic) bond motifs is 1. The van der Waals surface area contributed by atoms with Crippen molar-refractivity contribution in [2.75, 3.05) is 36.5 Å². The molecular formula is C28H29F2N7O3. The molecule has 10 nitrogen and oxygen atoms in total. The van der Waals surface area contributed by atoms with Crippen molar-refractivity contribution in [3.05, 3.63) is 76.3 Å². The summed E-state index contributed by atoms with van der Waals surface area (Å²) < 4.78 is 37.0. The average molecular weight is 550 g/mol. The second-order valence-electron chi connectivity index (χ2n) is 10.4. The van der Waals surface area contributed by atoms with E-state index in [0.717, 1.165) is 54.2 Å². The van der Waals surface area contributed by atoms with Gasteiger partial charge in [-0.25, -0.2) is 8.78 Å². The molecule has 0 bridgehead atoms. The number of amides is 1. The summed E-state index contributed by atoms with van der Waals surface area (Å²) in [6.07, 6.45) is 3.71. The van der Waals surface area contributed by atoms with Crippen molar-refractivity contribution in [3.63, 3.8) is 0 Å². The number of rotatable bonds is 5. The molecule has 4 aromatic rings. The molecule has 2 saturated heterocycles. The first kappa shape index (κ1) is 26.1. The Balaban J connectivity index is 1.39. The largest absolute Gasteiger partial charge is 0.379 e. The average Bonchev–Trinajstić information content (AvgIpc) is 3.52. The Bertz CT molecular complexity index is 1620. The van der Waals surface area contributed by atoms with Gasteiger partial charge in [-0.05, 0) is 49.1 Å². The predicted octanol–water partition coefficient (Wildman–Crippen LogP) is 3.25. The van der Waals surface area contributed by atoms with Crippen molar-refractivity contribution in [2.45, 2.75) is 31.8 Å². The van der Waals surface area contributed by atoms with E-state index < -0.39 is 28.8 Å². The van der Waals surface area contributed by atoms with Crippen LogP contribution in [0.4, 0.5) is 20.2 Å². The minimum absolute atomic E-state index is 0.0403. The molecule has 0 saturated carbocycles. The second-order valence-corrected chi connectivity index (χ2v) is 10.4. The highest BCUT2D eigenvalue weighted by molar-refractivity contribution is 6.09. The van der Waals surface area contributed by atoms with Gasteiger partial charge in [0.05, 0.1) is 35.7 Å². The fourth-order valence-corrected chi connectivity index (χ4v) is 5.50. The standard InChI is InChI=1S/C28H29F2N7O3/c1-16-13-35(14-21(16)31)26-18-12-32-36(17-4-3-11-40-15-17)24(18)9-7-22(26)33-28(39)23-8-10-25(38)37(34-23)27-19(29)5-2-6-20(27)30/h2,5-10,12,16-17,21H,3-4,11,13-15,31H2,1H3,(H,33,39)/t16-,17+,21-/m0/s1. The second kappa shape index (κ2) is 10.4. The normalized spacial score (nSPS) is 21.2. The SMILES string of the molecule is C[C@H]1CN(c2c(NC(=O)c3ccc(=O)n(-c4c(F)cccc4F)n3)ccc3c2cnn3[C@@H]2CCCOC2)C[C@@H]1N. The van der Waals surface area contributed by atoms with Crippen LogP contribution in [0.5, 0.6) is 0 Å². The van der Waals surface area contributed by atoms with Gasteiger partial charge in [0.25, 0.3) is 11.5 Å². The monoisotopic (exact) mass is 549 g/mol. The smallest absolute Gasteiger partial charge is 0.276 e. The van der Waals surface area contributed by atoms with E-state index in [1.54, 1.807) is 12.3 Å². The number of para-hydroxylation sites is 1. The molecule has 2 aromatic carbocycles. The van der Waals surface area contributed by atoms with Gasteiger partial charge in [-0.2, -0.15) is 14.9 Å². The van der Waals surface area contributed by atoms with Gasteiger partial charge in [0, 0.05) is 37.2 Å². The van der Waals surface area contributed by atoms with Gasteiger partial charge < -0.3 is 20.7 Å². The number of halogens is 2. The predicted molar refractivity (Wildman–Crippen MR) is 146 cm³/mol.